The van der Waals surface area contributed by atoms with E-state index in [-0.39, 0.29) is 5.84 Å². The number of amidine groups is 1. The van der Waals surface area contributed by atoms with Crippen LogP contribution in [0.25, 0.3) is 0 Å². The van der Waals surface area contributed by atoms with E-state index in [4.69, 9.17) is 15.9 Å². The maximum absolute atomic E-state index is 9.08. The molecule has 2 heterocycles. The molecular weight excluding hydrogens is 264 g/mol. The first-order chi connectivity index (χ1) is 10.3. The summed E-state index contributed by atoms with van der Waals surface area (Å²) in [4.78, 5) is 7.20. The van der Waals surface area contributed by atoms with Gasteiger partial charge in [0.2, 0.25) is 0 Å². The zero-order chi connectivity index (χ0) is 14.7. The molecule has 5 heteroatoms. The van der Waals surface area contributed by atoms with E-state index in [1.54, 1.807) is 0 Å². The Kier molecular flexibility index (Phi) is 4.27. The van der Waals surface area contributed by atoms with Gasteiger partial charge in [0, 0.05) is 18.8 Å². The summed E-state index contributed by atoms with van der Waals surface area (Å²) in [6.07, 6.45) is 9.52. The maximum atomic E-state index is 9.08. The van der Waals surface area contributed by atoms with Crippen LogP contribution < -0.4 is 10.6 Å². The smallest absolute Gasteiger partial charge is 0.173 e. The van der Waals surface area contributed by atoms with E-state index in [1.165, 1.54) is 43.4 Å². The third-order valence-corrected chi connectivity index (χ3v) is 4.57. The van der Waals surface area contributed by atoms with E-state index in [1.807, 2.05) is 0 Å². The number of aromatic nitrogens is 1. The van der Waals surface area contributed by atoms with E-state index < -0.39 is 0 Å². The summed E-state index contributed by atoms with van der Waals surface area (Å²) in [5.41, 5.74) is 9.14. The lowest BCUT2D eigenvalue weighted by molar-refractivity contribution is 0.318. The minimum absolute atomic E-state index is 0.175. The van der Waals surface area contributed by atoms with Gasteiger partial charge in [0.05, 0.1) is 5.56 Å². The Morgan fingerprint density at radius 2 is 1.81 bits per heavy atom. The normalized spacial score (nSPS) is 20.0. The van der Waals surface area contributed by atoms with Crippen LogP contribution in [0.3, 0.4) is 0 Å². The lowest BCUT2D eigenvalue weighted by Crippen LogP contribution is -2.31. The van der Waals surface area contributed by atoms with Crippen LogP contribution in [-0.4, -0.2) is 29.1 Å². The molecule has 3 rings (SSSR count). The Morgan fingerprint density at radius 3 is 2.52 bits per heavy atom. The predicted octanol–water partition coefficient (Wildman–Crippen LogP) is 2.44. The average Bonchev–Trinajstić information content (AvgIpc) is 2.92. The van der Waals surface area contributed by atoms with Crippen molar-refractivity contribution in [3.8, 4) is 0 Å². The van der Waals surface area contributed by atoms with Gasteiger partial charge in [-0.15, -0.1) is 0 Å². The molecule has 0 unspecified atom stereocenters. The minimum atomic E-state index is 0.175. The quantitative estimate of drug-likeness (QED) is 0.379. The highest BCUT2D eigenvalue weighted by Crippen LogP contribution is 2.28. The summed E-state index contributed by atoms with van der Waals surface area (Å²) in [6.45, 7) is 2.02. The lowest BCUT2D eigenvalue weighted by Gasteiger charge is -2.28. The minimum Gasteiger partial charge on any atom is -0.409 e. The van der Waals surface area contributed by atoms with Crippen LogP contribution >= 0.6 is 0 Å². The molecule has 1 saturated heterocycles. The Hall–Kier alpha value is -1.78. The maximum Gasteiger partial charge on any atom is 0.173 e. The van der Waals surface area contributed by atoms with Gasteiger partial charge in [0.1, 0.15) is 5.82 Å². The molecule has 2 aliphatic rings. The molecule has 0 aromatic carbocycles. The number of hydrogen-bond acceptors (Lipinski definition) is 4. The zero-order valence-corrected chi connectivity index (χ0v) is 12.5. The van der Waals surface area contributed by atoms with E-state index in [0.29, 0.717) is 0 Å². The van der Waals surface area contributed by atoms with Crippen LogP contribution in [0.1, 0.15) is 55.3 Å². The summed E-state index contributed by atoms with van der Waals surface area (Å²) < 4.78 is 0. The second-order valence-electron chi connectivity index (χ2n) is 6.06. The number of rotatable bonds is 2. The van der Waals surface area contributed by atoms with E-state index >= 15 is 0 Å². The number of anilines is 1. The monoisotopic (exact) mass is 288 g/mol. The molecule has 1 aliphatic heterocycles. The van der Waals surface area contributed by atoms with Crippen molar-refractivity contribution in [1.29, 1.82) is 0 Å². The van der Waals surface area contributed by atoms with Crippen molar-refractivity contribution < 1.29 is 5.21 Å². The van der Waals surface area contributed by atoms with Crippen molar-refractivity contribution in [2.24, 2.45) is 10.9 Å². The summed E-state index contributed by atoms with van der Waals surface area (Å²) in [5.74, 6) is 1.09. The van der Waals surface area contributed by atoms with Crippen LogP contribution in [0.15, 0.2) is 11.2 Å². The molecule has 21 heavy (non-hydrogen) atoms. The number of nitrogens with zero attached hydrogens (tertiary/aromatic N) is 3. The van der Waals surface area contributed by atoms with Crippen molar-refractivity contribution in [3.05, 3.63) is 22.9 Å². The van der Waals surface area contributed by atoms with Gasteiger partial charge < -0.3 is 15.8 Å². The van der Waals surface area contributed by atoms with Crippen LogP contribution in [0.4, 0.5) is 5.82 Å². The predicted molar refractivity (Wildman–Crippen MR) is 84.1 cm³/mol. The fourth-order valence-corrected chi connectivity index (χ4v) is 3.40. The highest BCUT2D eigenvalue weighted by atomic mass is 16.4. The fourth-order valence-electron chi connectivity index (χ4n) is 3.40. The summed E-state index contributed by atoms with van der Waals surface area (Å²) in [5, 5.41) is 12.3. The topological polar surface area (TPSA) is 74.7 Å². The molecule has 1 aromatic rings. The van der Waals surface area contributed by atoms with E-state index in [9.17, 15) is 0 Å². The van der Waals surface area contributed by atoms with Crippen LogP contribution in [0, 0.1) is 0 Å². The number of pyridine rings is 1. The van der Waals surface area contributed by atoms with Gasteiger partial charge in [-0.25, -0.2) is 4.98 Å². The van der Waals surface area contributed by atoms with Crippen molar-refractivity contribution in [2.45, 2.75) is 51.4 Å². The molecule has 5 nitrogen and oxygen atoms in total. The summed E-state index contributed by atoms with van der Waals surface area (Å²) >= 11 is 0. The van der Waals surface area contributed by atoms with Crippen molar-refractivity contribution in [1.82, 2.24) is 4.98 Å². The van der Waals surface area contributed by atoms with Crippen molar-refractivity contribution in [2.75, 3.05) is 18.0 Å². The van der Waals surface area contributed by atoms with E-state index in [0.717, 1.165) is 43.7 Å². The first-order valence-electron chi connectivity index (χ1n) is 8.05. The number of fused-ring (bicyclic) bond motifs is 1. The van der Waals surface area contributed by atoms with Gasteiger partial charge >= 0.3 is 0 Å². The molecule has 0 bridgehead atoms. The molecule has 0 spiro atoms. The highest BCUT2D eigenvalue weighted by Gasteiger charge is 2.22. The largest absolute Gasteiger partial charge is 0.409 e. The Labute approximate surface area is 125 Å². The molecule has 0 amide bonds. The molecule has 0 atom stereocenters. The van der Waals surface area contributed by atoms with Crippen LogP contribution in [0.2, 0.25) is 0 Å². The number of oxime groups is 1. The molecular formula is C16H24N4O. The molecule has 1 aliphatic carbocycles. The van der Waals surface area contributed by atoms with Gasteiger partial charge in [-0.1, -0.05) is 24.4 Å². The van der Waals surface area contributed by atoms with Crippen molar-refractivity contribution in [3.63, 3.8) is 0 Å². The molecule has 1 fully saturated rings. The number of nitrogens with two attached hydrogens (primary N) is 1. The highest BCUT2D eigenvalue weighted by molar-refractivity contribution is 6.01. The second-order valence-corrected chi connectivity index (χ2v) is 6.06. The molecule has 114 valence electrons. The summed E-state index contributed by atoms with van der Waals surface area (Å²) in [7, 11) is 0. The average molecular weight is 288 g/mol. The van der Waals surface area contributed by atoms with Crippen LogP contribution in [-0.2, 0) is 12.8 Å². The Bertz CT molecular complexity index is 533. The fraction of sp³-hybridized carbons (Fsp3) is 0.625. The number of aryl methyl sites for hydroxylation is 2. The Balaban J connectivity index is 1.98. The van der Waals surface area contributed by atoms with Gasteiger partial charge in [0.25, 0.3) is 0 Å². The van der Waals surface area contributed by atoms with Crippen LogP contribution in [0.5, 0.6) is 0 Å². The Morgan fingerprint density at radius 1 is 1.10 bits per heavy atom. The molecule has 3 N–H and O–H groups in total. The van der Waals surface area contributed by atoms with Gasteiger partial charge in [-0.2, -0.15) is 0 Å². The van der Waals surface area contributed by atoms with Gasteiger partial charge in [-0.05, 0) is 43.7 Å². The SMILES string of the molecule is NC(=NO)c1cc2c(nc1N1CCCCCCC1)CCC2. The second kappa shape index (κ2) is 6.33. The summed E-state index contributed by atoms with van der Waals surface area (Å²) in [6, 6.07) is 2.08. The van der Waals surface area contributed by atoms with Gasteiger partial charge in [-0.3, -0.25) is 0 Å². The molecule has 0 saturated carbocycles. The third kappa shape index (κ3) is 2.96. The van der Waals surface area contributed by atoms with Gasteiger partial charge in [0.15, 0.2) is 5.84 Å². The standard InChI is InChI=1S/C16H24N4O/c17-15(19-21)13-11-12-7-6-8-14(12)18-16(13)20-9-4-2-1-3-5-10-20/h11,21H,1-10H2,(H2,17,19). The first-order valence-corrected chi connectivity index (χ1v) is 8.05. The van der Waals surface area contributed by atoms with Crippen molar-refractivity contribution >= 4 is 11.7 Å². The molecule has 0 radical (unpaired) electrons. The van der Waals surface area contributed by atoms with E-state index in [2.05, 4.69) is 16.1 Å². The first kappa shape index (κ1) is 14.2. The third-order valence-electron chi connectivity index (χ3n) is 4.57. The molecule has 1 aromatic heterocycles. The number of hydrogen-bond donors (Lipinski definition) is 2. The zero-order valence-electron chi connectivity index (χ0n) is 12.5. The lowest BCUT2D eigenvalue weighted by atomic mass is 10.1.